The van der Waals surface area contributed by atoms with Crippen LogP contribution < -0.4 is 0 Å². The molecule has 294 valence electrons. The molecule has 2 aromatic carbocycles. The molecule has 5 rings (SSSR count). The van der Waals surface area contributed by atoms with Crippen molar-refractivity contribution in [2.24, 2.45) is 10.3 Å². The highest BCUT2D eigenvalue weighted by Crippen LogP contribution is 2.34. The van der Waals surface area contributed by atoms with Gasteiger partial charge in [-0.15, -0.1) is 0 Å². The minimum Gasteiger partial charge on any atom is -0.395 e. The van der Waals surface area contributed by atoms with E-state index in [9.17, 15) is 16.8 Å². The van der Waals surface area contributed by atoms with E-state index >= 15 is 0 Å². The molecule has 0 saturated carbocycles. The van der Waals surface area contributed by atoms with Crippen molar-refractivity contribution in [3.63, 3.8) is 0 Å². The number of oxime groups is 2. The van der Waals surface area contributed by atoms with E-state index < -0.39 is 20.0 Å². The summed E-state index contributed by atoms with van der Waals surface area (Å²) in [7, 11) is 0.778. The van der Waals surface area contributed by atoms with Crippen molar-refractivity contribution < 1.29 is 31.0 Å². The van der Waals surface area contributed by atoms with E-state index in [0.29, 0.717) is 73.1 Å². The number of benzene rings is 2. The first-order valence-corrected chi connectivity index (χ1v) is 22.4. The Morgan fingerprint density at radius 2 is 1.08 bits per heavy atom. The van der Waals surface area contributed by atoms with Gasteiger partial charge in [-0.05, 0) is 76.9 Å². The molecule has 14 heteroatoms. The first kappa shape index (κ1) is 41.3. The van der Waals surface area contributed by atoms with Gasteiger partial charge in [0.05, 0.1) is 37.0 Å². The van der Waals surface area contributed by atoms with Crippen LogP contribution in [0.3, 0.4) is 0 Å². The maximum absolute atomic E-state index is 14.1. The topological polar surface area (TPSA) is 121 Å². The molecule has 2 aliphatic heterocycles. The van der Waals surface area contributed by atoms with E-state index in [1.54, 1.807) is 45.0 Å². The van der Waals surface area contributed by atoms with Crippen molar-refractivity contribution in [2.45, 2.75) is 87.3 Å². The molecule has 0 unspecified atom stereocenters. The summed E-state index contributed by atoms with van der Waals surface area (Å²) in [6.45, 7) is 7.61. The summed E-state index contributed by atoms with van der Waals surface area (Å²) >= 11 is 0. The number of hydrogen-bond donors (Lipinski definition) is 0. The van der Waals surface area contributed by atoms with E-state index in [-0.39, 0.29) is 9.79 Å². The summed E-state index contributed by atoms with van der Waals surface area (Å²) in [6.07, 6.45) is 9.92. The van der Waals surface area contributed by atoms with Crippen LogP contribution in [0, 0.1) is 0 Å². The van der Waals surface area contributed by atoms with Crippen molar-refractivity contribution in [3.05, 3.63) is 58.7 Å². The zero-order valence-corrected chi connectivity index (χ0v) is 34.2. The number of sulfonamides is 2. The molecule has 3 aliphatic rings. The molecule has 1 aliphatic carbocycles. The highest BCUT2D eigenvalue weighted by Gasteiger charge is 2.34. The van der Waals surface area contributed by atoms with Gasteiger partial charge >= 0.3 is 0 Å². The third kappa shape index (κ3) is 10.5. The lowest BCUT2D eigenvalue weighted by atomic mass is 9.83. The van der Waals surface area contributed by atoms with Gasteiger partial charge in [-0.3, -0.25) is 0 Å². The maximum atomic E-state index is 14.1. The minimum atomic E-state index is -3.81. The van der Waals surface area contributed by atoms with Gasteiger partial charge in [0.1, 0.15) is 24.6 Å². The molecule has 0 atom stereocenters. The Hall–Kier alpha value is -2.88. The maximum Gasteiger partial charge on any atom is 0.243 e. The van der Waals surface area contributed by atoms with Crippen molar-refractivity contribution in [2.75, 3.05) is 87.2 Å². The molecule has 12 nitrogen and oxygen atoms in total. The van der Waals surface area contributed by atoms with E-state index in [4.69, 9.17) is 9.68 Å². The SMILES string of the molecule is CCC[N+](C)(C)CCCON=C1c2cc(S(=O)(=O)N3CCCCCC3)ccc2C(=NOCCCN(C)C)c2ccc(S(=O)(=O)N3CCCCCC3)cc21. The second-order valence-electron chi connectivity index (χ2n) is 15.5. The second kappa shape index (κ2) is 18.6. The first-order chi connectivity index (χ1) is 25.3. The Bertz CT molecular complexity index is 1710. The Morgan fingerprint density at radius 3 is 1.51 bits per heavy atom. The van der Waals surface area contributed by atoms with Crippen LogP contribution in [0.4, 0.5) is 0 Å². The molecular formula is C39H61N6O6S2+. The van der Waals surface area contributed by atoms with Gasteiger partial charge in [0.15, 0.2) is 0 Å². The van der Waals surface area contributed by atoms with E-state index in [0.717, 1.165) is 94.7 Å². The largest absolute Gasteiger partial charge is 0.395 e. The third-order valence-corrected chi connectivity index (χ3v) is 14.2. The Morgan fingerprint density at radius 1 is 0.642 bits per heavy atom. The fourth-order valence-corrected chi connectivity index (χ4v) is 10.5. The monoisotopic (exact) mass is 773 g/mol. The molecule has 0 bridgehead atoms. The summed E-state index contributed by atoms with van der Waals surface area (Å²) in [6, 6.07) is 10.1. The molecule has 2 fully saturated rings. The van der Waals surface area contributed by atoms with Crippen molar-refractivity contribution >= 4 is 31.5 Å². The highest BCUT2D eigenvalue weighted by atomic mass is 32.2. The number of quaternary nitrogens is 1. The Kier molecular flexibility index (Phi) is 14.5. The summed E-state index contributed by atoms with van der Waals surface area (Å²) in [4.78, 5) is 14.3. The standard InChI is InChI=1S/C39H61N6O6S2/c1-6-26-45(4,5)27-16-29-51-41-39-36-30-32(52(46,47)43-22-11-7-8-12-23-43)17-19-34(36)38(40-50-28-15-21-42(2)3)35-20-18-33(31-37(35)39)53(48,49)44-24-13-9-10-14-25-44/h17-20,30-31H,6-16,21-29H2,1-5H3/q+1. The van der Waals surface area contributed by atoms with Gasteiger partial charge in [0, 0.05) is 61.4 Å². The van der Waals surface area contributed by atoms with Gasteiger partial charge in [-0.25, -0.2) is 16.8 Å². The van der Waals surface area contributed by atoms with Gasteiger partial charge in [0.25, 0.3) is 0 Å². The van der Waals surface area contributed by atoms with Crippen molar-refractivity contribution in [1.82, 2.24) is 13.5 Å². The number of fused-ring (bicyclic) bond motifs is 2. The Labute approximate surface area is 318 Å². The number of nitrogens with zero attached hydrogens (tertiary/aromatic N) is 6. The van der Waals surface area contributed by atoms with Crippen LogP contribution in [0.1, 0.15) is 99.8 Å². The van der Waals surface area contributed by atoms with Gasteiger partial charge in [-0.1, -0.05) is 55.1 Å². The van der Waals surface area contributed by atoms with E-state index in [2.05, 4.69) is 36.2 Å². The van der Waals surface area contributed by atoms with Crippen LogP contribution in [0.2, 0.25) is 0 Å². The normalized spacial score (nSPS) is 17.8. The third-order valence-electron chi connectivity index (χ3n) is 10.4. The summed E-state index contributed by atoms with van der Waals surface area (Å²) in [5.74, 6) is 0. The highest BCUT2D eigenvalue weighted by molar-refractivity contribution is 7.89. The second-order valence-corrected chi connectivity index (χ2v) is 19.4. The van der Waals surface area contributed by atoms with Crippen LogP contribution >= 0.6 is 0 Å². The molecule has 0 aromatic heterocycles. The van der Waals surface area contributed by atoms with Crippen molar-refractivity contribution in [1.29, 1.82) is 0 Å². The average Bonchev–Trinajstić information content (AvgIpc) is 3.58. The minimum absolute atomic E-state index is 0.160. The lowest BCUT2D eigenvalue weighted by Gasteiger charge is -2.29. The lowest BCUT2D eigenvalue weighted by Crippen LogP contribution is -2.41. The molecule has 0 amide bonds. The van der Waals surface area contributed by atoms with Gasteiger partial charge in [0.2, 0.25) is 20.0 Å². The van der Waals surface area contributed by atoms with Crippen LogP contribution in [0.5, 0.6) is 0 Å². The number of hydrogen-bond acceptors (Lipinski definition) is 9. The Balaban J connectivity index is 1.61. The molecule has 0 N–H and O–H groups in total. The smallest absolute Gasteiger partial charge is 0.243 e. The summed E-state index contributed by atoms with van der Waals surface area (Å²) in [5.41, 5.74) is 3.18. The van der Waals surface area contributed by atoms with Gasteiger partial charge in [-0.2, -0.15) is 8.61 Å². The molecular weight excluding hydrogens is 713 g/mol. The van der Waals surface area contributed by atoms with Crippen LogP contribution in [0.25, 0.3) is 0 Å². The molecule has 0 spiro atoms. The van der Waals surface area contributed by atoms with Crippen molar-refractivity contribution in [3.8, 4) is 0 Å². The number of rotatable bonds is 16. The summed E-state index contributed by atoms with van der Waals surface area (Å²) in [5, 5.41) is 9.31. The average molecular weight is 774 g/mol. The molecule has 0 radical (unpaired) electrons. The quantitative estimate of drug-likeness (QED) is 0.107. The van der Waals surface area contributed by atoms with Crippen LogP contribution in [-0.2, 0) is 29.7 Å². The lowest BCUT2D eigenvalue weighted by molar-refractivity contribution is -0.890. The molecule has 2 aromatic rings. The summed E-state index contributed by atoms with van der Waals surface area (Å²) < 4.78 is 60.4. The van der Waals surface area contributed by atoms with Crippen LogP contribution in [-0.4, -0.2) is 133 Å². The zero-order chi connectivity index (χ0) is 38.1. The van der Waals surface area contributed by atoms with Crippen LogP contribution in [0.15, 0.2) is 56.5 Å². The molecule has 2 saturated heterocycles. The predicted molar refractivity (Wildman–Crippen MR) is 210 cm³/mol. The van der Waals surface area contributed by atoms with Gasteiger partial charge < -0.3 is 19.1 Å². The first-order valence-electron chi connectivity index (χ1n) is 19.5. The zero-order valence-electron chi connectivity index (χ0n) is 32.6. The molecule has 2 heterocycles. The fourth-order valence-electron chi connectivity index (χ4n) is 7.46. The van der Waals surface area contributed by atoms with E-state index in [1.165, 1.54) is 0 Å². The molecule has 53 heavy (non-hydrogen) atoms. The van der Waals surface area contributed by atoms with E-state index in [1.807, 2.05) is 14.1 Å². The predicted octanol–water partition coefficient (Wildman–Crippen LogP) is 5.50. The fraction of sp³-hybridized carbons (Fsp3) is 0.641.